The Balaban J connectivity index is 2.20. The molecule has 32 heavy (non-hydrogen) atoms. The number of nitriles is 3. The third-order valence-electron chi connectivity index (χ3n) is 6.07. The van der Waals surface area contributed by atoms with Crippen LogP contribution in [0.4, 0.5) is 4.79 Å². The number of hydrogen-bond acceptors (Lipinski definition) is 8. The maximum absolute atomic E-state index is 12.2. The minimum Gasteiger partial charge on any atom is -0.493 e. The van der Waals surface area contributed by atoms with E-state index in [1.54, 1.807) is 24.3 Å². The van der Waals surface area contributed by atoms with Gasteiger partial charge in [-0.1, -0.05) is 12.1 Å². The number of fused-ring (bicyclic) bond motifs is 1. The molecule has 0 spiro atoms. The summed E-state index contributed by atoms with van der Waals surface area (Å²) in [7, 11) is 2.79. The number of ether oxygens (including phenoxy) is 3. The van der Waals surface area contributed by atoms with Crippen LogP contribution in [-0.4, -0.2) is 50.6 Å². The van der Waals surface area contributed by atoms with Gasteiger partial charge in [0.1, 0.15) is 0 Å². The van der Waals surface area contributed by atoms with Gasteiger partial charge in [-0.15, -0.1) is 0 Å². The van der Waals surface area contributed by atoms with Crippen LogP contribution in [0.25, 0.3) is 0 Å². The zero-order chi connectivity index (χ0) is 23.5. The van der Waals surface area contributed by atoms with E-state index >= 15 is 0 Å². The topological polar surface area (TPSA) is 143 Å². The lowest BCUT2D eigenvalue weighted by molar-refractivity contribution is 0.115. The smallest absolute Gasteiger partial charge is 0.409 e. The van der Waals surface area contributed by atoms with Crippen molar-refractivity contribution in [3.05, 3.63) is 35.4 Å². The quantitative estimate of drug-likeness (QED) is 0.719. The Labute approximate surface area is 186 Å². The number of methoxy groups -OCH3 is 2. The highest BCUT2D eigenvalue weighted by Crippen LogP contribution is 2.53. The molecule has 9 heteroatoms. The lowest BCUT2D eigenvalue weighted by Crippen LogP contribution is -2.53. The van der Waals surface area contributed by atoms with Gasteiger partial charge in [-0.25, -0.2) is 4.79 Å². The van der Waals surface area contributed by atoms with Crippen molar-refractivity contribution in [2.24, 2.45) is 17.3 Å². The minimum atomic E-state index is -1.85. The summed E-state index contributed by atoms with van der Waals surface area (Å²) in [5.74, 6) is -1.15. The summed E-state index contributed by atoms with van der Waals surface area (Å²) in [6.07, 6.45) is 1.09. The van der Waals surface area contributed by atoms with Crippen LogP contribution >= 0.6 is 0 Å². The summed E-state index contributed by atoms with van der Waals surface area (Å²) in [6, 6.07) is 11.3. The summed E-state index contributed by atoms with van der Waals surface area (Å²) in [4.78, 5) is 13.7. The Bertz CT molecular complexity index is 1080. The van der Waals surface area contributed by atoms with Crippen LogP contribution in [0.5, 0.6) is 11.5 Å². The van der Waals surface area contributed by atoms with Gasteiger partial charge in [0.15, 0.2) is 11.5 Å². The molecule has 3 atom stereocenters. The maximum Gasteiger partial charge on any atom is 0.409 e. The van der Waals surface area contributed by atoms with Gasteiger partial charge in [0.25, 0.3) is 0 Å². The summed E-state index contributed by atoms with van der Waals surface area (Å²) in [5.41, 5.74) is -0.971. The van der Waals surface area contributed by atoms with E-state index in [1.807, 2.05) is 19.1 Å². The Morgan fingerprint density at radius 1 is 1.25 bits per heavy atom. The molecule has 1 amide bonds. The molecule has 1 saturated carbocycles. The fourth-order valence-electron chi connectivity index (χ4n) is 4.60. The first-order valence-electron chi connectivity index (χ1n) is 10.1. The SMILES string of the molecule is CCOc1ccc([C@@H]2C(C#N)C(=N)C(C#N)(C#N)C3=CCN(C(=O)OC)C[C@H]32)cc1OC. The van der Waals surface area contributed by atoms with E-state index in [0.717, 1.165) is 0 Å². The Morgan fingerprint density at radius 2 is 1.97 bits per heavy atom. The average molecular weight is 433 g/mol. The van der Waals surface area contributed by atoms with E-state index < -0.39 is 29.3 Å². The Kier molecular flexibility index (Phi) is 6.37. The molecule has 1 unspecified atom stereocenters. The molecule has 164 valence electrons. The minimum absolute atomic E-state index is 0.146. The standard InChI is InChI=1S/C23H23N5O4/c1-4-32-18-6-5-14(9-19(18)30-2)20-15(10-24)21(27)23(12-25,13-26)17-7-8-28(11-16(17)20)22(29)31-3/h5-7,9,15-16,20,27H,4,8,11H2,1-3H3/t15?,16-,20-/m1/s1. The molecular weight excluding hydrogens is 410 g/mol. The van der Waals surface area contributed by atoms with Crippen molar-refractivity contribution >= 4 is 11.8 Å². The molecule has 0 aromatic heterocycles. The molecule has 1 heterocycles. The summed E-state index contributed by atoms with van der Waals surface area (Å²) >= 11 is 0. The van der Waals surface area contributed by atoms with Gasteiger partial charge in [-0.05, 0) is 30.2 Å². The number of amides is 1. The highest BCUT2D eigenvalue weighted by Gasteiger charge is 2.57. The van der Waals surface area contributed by atoms with Crippen LogP contribution in [0.1, 0.15) is 18.4 Å². The first-order valence-corrected chi connectivity index (χ1v) is 10.1. The maximum atomic E-state index is 12.2. The van der Waals surface area contributed by atoms with Crippen molar-refractivity contribution in [1.29, 1.82) is 21.2 Å². The molecule has 1 aliphatic heterocycles. The van der Waals surface area contributed by atoms with Crippen LogP contribution in [0.2, 0.25) is 0 Å². The van der Waals surface area contributed by atoms with E-state index in [-0.39, 0.29) is 18.8 Å². The van der Waals surface area contributed by atoms with Gasteiger partial charge >= 0.3 is 6.09 Å². The number of hydrogen-bond donors (Lipinski definition) is 1. The molecule has 0 radical (unpaired) electrons. The fraction of sp³-hybridized carbons (Fsp3) is 0.435. The van der Waals surface area contributed by atoms with Crippen molar-refractivity contribution in [2.75, 3.05) is 33.9 Å². The second-order valence-corrected chi connectivity index (χ2v) is 7.50. The molecule has 1 fully saturated rings. The molecule has 1 aliphatic carbocycles. The Morgan fingerprint density at radius 3 is 2.53 bits per heavy atom. The zero-order valence-electron chi connectivity index (χ0n) is 18.1. The van der Waals surface area contributed by atoms with E-state index in [0.29, 0.717) is 29.2 Å². The summed E-state index contributed by atoms with van der Waals surface area (Å²) in [5, 5.41) is 38.5. The molecule has 2 aliphatic rings. The van der Waals surface area contributed by atoms with E-state index in [1.165, 1.54) is 19.1 Å². The average Bonchev–Trinajstić information content (AvgIpc) is 2.83. The Hall–Kier alpha value is -4.03. The van der Waals surface area contributed by atoms with Crippen LogP contribution in [-0.2, 0) is 4.74 Å². The van der Waals surface area contributed by atoms with Crippen molar-refractivity contribution in [2.45, 2.75) is 12.8 Å². The molecule has 1 aromatic rings. The predicted molar refractivity (Wildman–Crippen MR) is 113 cm³/mol. The number of rotatable bonds is 4. The first-order chi connectivity index (χ1) is 15.4. The van der Waals surface area contributed by atoms with Crippen molar-refractivity contribution in [3.8, 4) is 29.7 Å². The highest BCUT2D eigenvalue weighted by atomic mass is 16.5. The zero-order valence-corrected chi connectivity index (χ0v) is 18.1. The first kappa shape index (κ1) is 22.7. The van der Waals surface area contributed by atoms with Crippen molar-refractivity contribution < 1.29 is 19.0 Å². The lowest BCUT2D eigenvalue weighted by atomic mass is 9.55. The number of benzene rings is 1. The van der Waals surface area contributed by atoms with Gasteiger partial charge in [0.2, 0.25) is 5.41 Å². The van der Waals surface area contributed by atoms with Gasteiger partial charge in [0, 0.05) is 24.9 Å². The van der Waals surface area contributed by atoms with E-state index in [9.17, 15) is 20.6 Å². The van der Waals surface area contributed by atoms with Crippen LogP contribution in [0, 0.1) is 56.7 Å². The number of nitrogens with zero attached hydrogens (tertiary/aromatic N) is 4. The van der Waals surface area contributed by atoms with Gasteiger partial charge in [0.05, 0.1) is 50.7 Å². The summed E-state index contributed by atoms with van der Waals surface area (Å²) in [6.45, 7) is 2.59. The van der Waals surface area contributed by atoms with E-state index in [2.05, 4.69) is 6.07 Å². The second-order valence-electron chi connectivity index (χ2n) is 7.50. The number of carbonyl (C=O) groups excluding carboxylic acids is 1. The van der Waals surface area contributed by atoms with Gasteiger partial charge in [-0.3, -0.25) is 0 Å². The molecule has 1 N–H and O–H groups in total. The lowest BCUT2D eigenvalue weighted by Gasteiger charge is -2.47. The third kappa shape index (κ3) is 3.40. The highest BCUT2D eigenvalue weighted by molar-refractivity contribution is 6.01. The number of nitrogens with one attached hydrogen (secondary N) is 1. The van der Waals surface area contributed by atoms with Crippen LogP contribution in [0.3, 0.4) is 0 Å². The van der Waals surface area contributed by atoms with Gasteiger partial charge < -0.3 is 24.5 Å². The van der Waals surface area contributed by atoms with Crippen LogP contribution < -0.4 is 9.47 Å². The largest absolute Gasteiger partial charge is 0.493 e. The third-order valence-corrected chi connectivity index (χ3v) is 6.07. The van der Waals surface area contributed by atoms with Crippen LogP contribution in [0.15, 0.2) is 29.8 Å². The molecular formula is C23H23N5O4. The predicted octanol–water partition coefficient (Wildman–Crippen LogP) is 3.01. The molecule has 1 aromatic carbocycles. The normalized spacial score (nSPS) is 23.5. The van der Waals surface area contributed by atoms with Gasteiger partial charge in [-0.2, -0.15) is 15.8 Å². The fourth-order valence-corrected chi connectivity index (χ4v) is 4.60. The molecule has 0 saturated heterocycles. The van der Waals surface area contributed by atoms with Crippen molar-refractivity contribution in [1.82, 2.24) is 4.90 Å². The summed E-state index contributed by atoms with van der Waals surface area (Å²) < 4.78 is 15.9. The van der Waals surface area contributed by atoms with E-state index in [4.69, 9.17) is 19.6 Å². The molecule has 3 rings (SSSR count). The molecule has 9 nitrogen and oxygen atoms in total. The van der Waals surface area contributed by atoms with Crippen molar-refractivity contribution in [3.63, 3.8) is 0 Å². The monoisotopic (exact) mass is 433 g/mol. The number of carbonyl (C=O) groups is 1. The molecule has 0 bridgehead atoms. The second kappa shape index (κ2) is 8.99.